The Morgan fingerprint density at radius 2 is 1.67 bits per heavy atom. The van der Waals surface area contributed by atoms with Gasteiger partial charge in [0.1, 0.15) is 0 Å². The molecule has 0 spiro atoms. The average molecular weight is 306 g/mol. The van der Waals surface area contributed by atoms with Gasteiger partial charge in [0.05, 0.1) is 0 Å². The number of hydrogen-bond acceptors (Lipinski definition) is 0. The predicted molar refractivity (Wildman–Crippen MR) is 16.3 cm³/mol. The third kappa shape index (κ3) is 15.8. The molecule has 32 valence electrons. The summed E-state index contributed by atoms with van der Waals surface area (Å²) < 4.78 is 0. The molecule has 0 aliphatic rings. The van der Waals surface area contributed by atoms with Gasteiger partial charge in [0, 0.05) is 0 Å². The average Bonchev–Trinajstić information content (AvgIpc) is 1.37. The summed E-state index contributed by atoms with van der Waals surface area (Å²) in [5.74, 6) is 0. The van der Waals surface area contributed by atoms with Crippen molar-refractivity contribution in [3.8, 4) is 0 Å². The first-order valence-electron chi connectivity index (χ1n) is 1.05. The molecule has 0 unspecified atom stereocenters. The van der Waals surface area contributed by atoms with Gasteiger partial charge in [0.25, 0.3) is 0 Å². The molecule has 0 heterocycles. The Kier molecular flexibility index (Phi) is 41.8. The number of hydrogen-bond donors (Lipinski definition) is 0. The van der Waals surface area contributed by atoms with Gasteiger partial charge in [-0.15, -0.1) is 0 Å². The Labute approximate surface area is 95.8 Å². The quantitative estimate of drug-likeness (QED) is 0.430. The Hall–Kier alpha value is 2.98. The minimum absolute atomic E-state index is 0. The Bertz CT molecular complexity index is 13.5. The SMILES string of the molecule is C[CH2][Pt-2][Cl].[Na+].[Na+]. The maximum atomic E-state index is 5.30. The molecule has 0 amide bonds. The number of rotatable bonds is 1. The van der Waals surface area contributed by atoms with Crippen LogP contribution in [0.25, 0.3) is 0 Å². The van der Waals surface area contributed by atoms with E-state index in [1.807, 2.05) is 0 Å². The van der Waals surface area contributed by atoms with Crippen LogP contribution in [0.5, 0.6) is 0 Å². The topological polar surface area (TPSA) is 0 Å². The van der Waals surface area contributed by atoms with E-state index in [-0.39, 0.29) is 76.6 Å². The first-order valence-corrected chi connectivity index (χ1v) is 5.47. The van der Waals surface area contributed by atoms with Gasteiger partial charge in [-0.05, 0) is 0 Å². The minimum atomic E-state index is 0. The van der Waals surface area contributed by atoms with Gasteiger partial charge >= 0.3 is 97.8 Å². The fourth-order valence-corrected chi connectivity index (χ4v) is 0. The van der Waals surface area contributed by atoms with Crippen molar-refractivity contribution >= 4 is 9.42 Å². The standard InChI is InChI=1S/C2H5.ClH.2Na.Pt/c1-2;;;;/h1H2,2H3;1H;;;/q;;2*+1;-1/p-1. The van der Waals surface area contributed by atoms with Crippen LogP contribution < -0.4 is 59.1 Å². The van der Waals surface area contributed by atoms with Crippen LogP contribution in [0.1, 0.15) is 6.92 Å². The summed E-state index contributed by atoms with van der Waals surface area (Å²) in [5, 5.41) is 0. The molecule has 0 radical (unpaired) electrons. The van der Waals surface area contributed by atoms with Gasteiger partial charge in [-0.2, -0.15) is 0 Å². The van der Waals surface area contributed by atoms with Crippen LogP contribution in [0, 0.1) is 0 Å². The molecule has 0 saturated carbocycles. The normalized spacial score (nSPS) is 5.67. The molecule has 0 aliphatic heterocycles. The first kappa shape index (κ1) is 16.0. The zero-order valence-corrected chi connectivity index (χ0v) is 11.4. The van der Waals surface area contributed by atoms with Crippen LogP contribution >= 0.6 is 9.42 Å². The smallest absolute Gasteiger partial charge is 1.00 e. The fraction of sp³-hybridized carbons (Fsp3) is 1.00. The molecule has 0 fully saturated rings. The molecule has 0 atom stereocenters. The van der Waals surface area contributed by atoms with Crippen LogP contribution in [0.3, 0.4) is 0 Å². The summed E-state index contributed by atoms with van der Waals surface area (Å²) in [6.07, 6.45) is 0. The van der Waals surface area contributed by atoms with E-state index in [1.54, 1.807) is 0 Å². The van der Waals surface area contributed by atoms with E-state index in [0.717, 1.165) is 0 Å². The van der Waals surface area contributed by atoms with Gasteiger partial charge in [0.15, 0.2) is 0 Å². The van der Waals surface area contributed by atoms with Crippen molar-refractivity contribution in [2.45, 2.75) is 11.7 Å². The van der Waals surface area contributed by atoms with Crippen LogP contribution in [0.4, 0.5) is 0 Å². The van der Waals surface area contributed by atoms with Crippen molar-refractivity contribution in [1.82, 2.24) is 0 Å². The summed E-state index contributed by atoms with van der Waals surface area (Å²) in [7, 11) is 5.30. The van der Waals surface area contributed by atoms with Crippen molar-refractivity contribution in [3.05, 3.63) is 0 Å². The van der Waals surface area contributed by atoms with Gasteiger partial charge in [-0.1, -0.05) is 0 Å². The van der Waals surface area contributed by atoms with E-state index >= 15 is 0 Å². The monoisotopic (exact) mass is 305 g/mol. The molecule has 0 aromatic heterocycles. The fourth-order valence-electron chi connectivity index (χ4n) is 0. The maximum Gasteiger partial charge on any atom is 1.00 e. The Balaban J connectivity index is -0.0000000450. The summed E-state index contributed by atoms with van der Waals surface area (Å²) in [4.78, 5) is 1.20. The van der Waals surface area contributed by atoms with Gasteiger partial charge < -0.3 is 0 Å². The molecule has 0 aromatic carbocycles. The van der Waals surface area contributed by atoms with Crippen molar-refractivity contribution in [3.63, 3.8) is 0 Å². The molecule has 0 N–H and O–H groups in total. The third-order valence-corrected chi connectivity index (χ3v) is 2.08. The molecule has 0 nitrogen and oxygen atoms in total. The van der Waals surface area contributed by atoms with E-state index in [4.69, 9.17) is 9.42 Å². The van der Waals surface area contributed by atoms with Crippen LogP contribution in [-0.2, 0) is 17.5 Å². The summed E-state index contributed by atoms with van der Waals surface area (Å²) in [6, 6.07) is 0. The molecular weight excluding hydrogens is 301 g/mol. The minimum Gasteiger partial charge on any atom is 1.00 e. The molecule has 0 rings (SSSR count). The molecule has 0 bridgehead atoms. The van der Waals surface area contributed by atoms with Crippen LogP contribution in [0.15, 0.2) is 0 Å². The third-order valence-electron chi connectivity index (χ3n) is 0.0845. The zero-order chi connectivity index (χ0) is 3.41. The van der Waals surface area contributed by atoms with E-state index in [2.05, 4.69) is 6.92 Å². The Morgan fingerprint density at radius 3 is 1.67 bits per heavy atom. The van der Waals surface area contributed by atoms with Crippen molar-refractivity contribution in [2.24, 2.45) is 0 Å². The van der Waals surface area contributed by atoms with Crippen LogP contribution in [-0.4, -0.2) is 0 Å². The van der Waals surface area contributed by atoms with E-state index < -0.39 is 0 Å². The van der Waals surface area contributed by atoms with Gasteiger partial charge in [0.2, 0.25) is 0 Å². The van der Waals surface area contributed by atoms with Crippen molar-refractivity contribution < 1.29 is 76.6 Å². The number of halogens is 1. The van der Waals surface area contributed by atoms with Crippen LogP contribution in [0.2, 0.25) is 4.81 Å². The van der Waals surface area contributed by atoms with E-state index in [1.165, 1.54) is 4.81 Å². The molecule has 0 aromatic rings. The Morgan fingerprint density at radius 1 is 1.50 bits per heavy atom. The molecule has 0 aliphatic carbocycles. The maximum absolute atomic E-state index is 5.30. The predicted octanol–water partition coefficient (Wildman–Crippen LogP) is -4.33. The first-order chi connectivity index (χ1) is 1.91. The molecule has 6 heavy (non-hydrogen) atoms. The molecule has 0 saturated heterocycles. The van der Waals surface area contributed by atoms with E-state index in [9.17, 15) is 0 Å². The largest absolute Gasteiger partial charge is 1.00 e. The molecular formula is C2H5ClNa2Pt. The van der Waals surface area contributed by atoms with Crippen molar-refractivity contribution in [1.29, 1.82) is 0 Å². The molecule has 4 heteroatoms. The summed E-state index contributed by atoms with van der Waals surface area (Å²) in [5.41, 5.74) is 0. The van der Waals surface area contributed by atoms with E-state index in [0.29, 0.717) is 0 Å². The summed E-state index contributed by atoms with van der Waals surface area (Å²) in [6.45, 7) is 2.10. The second kappa shape index (κ2) is 15.7. The second-order valence-electron chi connectivity index (χ2n) is 0.308. The summed E-state index contributed by atoms with van der Waals surface area (Å²) >= 11 is 0.0756. The van der Waals surface area contributed by atoms with Gasteiger partial charge in [-0.25, -0.2) is 0 Å². The second-order valence-corrected chi connectivity index (χ2v) is 3.91. The zero-order valence-electron chi connectivity index (χ0n) is 4.40. The van der Waals surface area contributed by atoms with Gasteiger partial charge in [-0.3, -0.25) is 0 Å². The van der Waals surface area contributed by atoms with Crippen molar-refractivity contribution in [2.75, 3.05) is 0 Å².